The molecule has 1 unspecified atom stereocenters. The van der Waals surface area contributed by atoms with Gasteiger partial charge >= 0.3 is 5.97 Å². The highest BCUT2D eigenvalue weighted by Gasteiger charge is 2.24. The minimum absolute atomic E-state index is 0.428. The smallest absolute Gasteiger partial charge is 0.317 e. The van der Waals surface area contributed by atoms with Crippen LogP contribution in [0.3, 0.4) is 0 Å². The van der Waals surface area contributed by atoms with Crippen LogP contribution in [0.15, 0.2) is 42.6 Å². The monoisotopic (exact) mass is 233 g/mol. The van der Waals surface area contributed by atoms with Gasteiger partial charge in [0.25, 0.3) is 0 Å². The van der Waals surface area contributed by atoms with Crippen molar-refractivity contribution in [1.29, 1.82) is 0 Å². The molecular weight excluding hydrogens is 221 g/mol. The molecule has 0 aliphatic carbocycles. The maximum Gasteiger partial charge on any atom is 0.317 e. The van der Waals surface area contributed by atoms with Gasteiger partial charge in [-0.2, -0.15) is 0 Å². The molecule has 88 valence electrons. The summed E-state index contributed by atoms with van der Waals surface area (Å²) >= 11 is 0. The van der Waals surface area contributed by atoms with Gasteiger partial charge in [-0.3, -0.25) is 4.79 Å². The predicted molar refractivity (Wildman–Crippen MR) is 61.3 cm³/mol. The predicted octanol–water partition coefficient (Wildman–Crippen LogP) is 2.38. The van der Waals surface area contributed by atoms with Crippen molar-refractivity contribution in [3.05, 3.63) is 59.7 Å². The fourth-order valence-electron chi connectivity index (χ4n) is 1.90. The summed E-state index contributed by atoms with van der Waals surface area (Å²) < 4.78 is 14.9. The molecule has 0 aliphatic heterocycles. The number of benzene rings is 1. The number of carboxylic acid groups (broad SMARTS) is 1. The molecule has 1 atom stereocenters. The Balaban J connectivity index is 2.50. The first-order chi connectivity index (χ1) is 8.09. The SMILES string of the molecule is Cn1cccc1C(C(=O)O)c1cccc(F)c1. The van der Waals surface area contributed by atoms with Gasteiger partial charge in [-0.1, -0.05) is 12.1 Å². The Labute approximate surface area is 98.1 Å². The zero-order chi connectivity index (χ0) is 12.4. The normalized spacial score (nSPS) is 12.4. The number of aryl methyl sites for hydroxylation is 1. The van der Waals surface area contributed by atoms with Crippen LogP contribution >= 0.6 is 0 Å². The van der Waals surface area contributed by atoms with Gasteiger partial charge in [-0.05, 0) is 29.8 Å². The van der Waals surface area contributed by atoms with E-state index in [1.807, 2.05) is 0 Å². The Morgan fingerprint density at radius 1 is 1.35 bits per heavy atom. The molecule has 2 aromatic rings. The maximum absolute atomic E-state index is 13.1. The summed E-state index contributed by atoms with van der Waals surface area (Å²) in [7, 11) is 1.77. The molecule has 0 saturated heterocycles. The van der Waals surface area contributed by atoms with Crippen LogP contribution in [-0.4, -0.2) is 15.6 Å². The van der Waals surface area contributed by atoms with Gasteiger partial charge in [0, 0.05) is 18.9 Å². The van der Waals surface area contributed by atoms with Crippen molar-refractivity contribution >= 4 is 5.97 Å². The molecule has 1 aromatic heterocycles. The summed E-state index contributed by atoms with van der Waals surface area (Å²) in [6.07, 6.45) is 1.77. The lowest BCUT2D eigenvalue weighted by molar-refractivity contribution is -0.137. The number of nitrogens with zero attached hydrogens (tertiary/aromatic N) is 1. The van der Waals surface area contributed by atoms with Crippen LogP contribution in [0.1, 0.15) is 17.2 Å². The third-order valence-electron chi connectivity index (χ3n) is 2.71. The number of halogens is 1. The molecule has 0 amide bonds. The quantitative estimate of drug-likeness (QED) is 0.884. The number of aromatic nitrogens is 1. The van der Waals surface area contributed by atoms with E-state index in [1.54, 1.807) is 36.0 Å². The third kappa shape index (κ3) is 2.20. The standard InChI is InChI=1S/C13H12FNO2/c1-15-7-3-6-11(15)12(13(16)17)9-4-2-5-10(14)8-9/h2-8,12H,1H3,(H,16,17). The second-order valence-corrected chi connectivity index (χ2v) is 3.87. The van der Waals surface area contributed by atoms with E-state index in [2.05, 4.69) is 0 Å². The minimum Gasteiger partial charge on any atom is -0.480 e. The van der Waals surface area contributed by atoms with Crippen molar-refractivity contribution in [1.82, 2.24) is 4.57 Å². The van der Waals surface area contributed by atoms with Crippen molar-refractivity contribution in [2.75, 3.05) is 0 Å². The van der Waals surface area contributed by atoms with Crippen molar-refractivity contribution in [3.63, 3.8) is 0 Å². The van der Waals surface area contributed by atoms with Crippen molar-refractivity contribution in [2.45, 2.75) is 5.92 Å². The molecule has 0 fully saturated rings. The number of aliphatic carboxylic acids is 1. The van der Waals surface area contributed by atoms with Crippen LogP contribution in [0.2, 0.25) is 0 Å². The topological polar surface area (TPSA) is 42.2 Å². The Bertz CT molecular complexity index is 548. The lowest BCUT2D eigenvalue weighted by Gasteiger charge is -2.14. The lowest BCUT2D eigenvalue weighted by atomic mass is 9.96. The molecule has 0 bridgehead atoms. The molecule has 1 aromatic carbocycles. The highest BCUT2D eigenvalue weighted by Crippen LogP contribution is 2.25. The Morgan fingerprint density at radius 2 is 2.12 bits per heavy atom. The molecule has 2 rings (SSSR count). The molecule has 3 nitrogen and oxygen atoms in total. The van der Waals surface area contributed by atoms with Gasteiger partial charge in [0.1, 0.15) is 11.7 Å². The number of carboxylic acids is 1. The molecule has 0 aliphatic rings. The molecule has 4 heteroatoms. The van der Waals surface area contributed by atoms with E-state index in [0.717, 1.165) is 0 Å². The average Bonchev–Trinajstić information content (AvgIpc) is 2.65. The molecule has 17 heavy (non-hydrogen) atoms. The first kappa shape index (κ1) is 11.4. The van der Waals surface area contributed by atoms with Crippen LogP contribution < -0.4 is 0 Å². The summed E-state index contributed by atoms with van der Waals surface area (Å²) in [6, 6.07) is 9.19. The Morgan fingerprint density at radius 3 is 2.65 bits per heavy atom. The number of hydrogen-bond acceptors (Lipinski definition) is 1. The van der Waals surface area contributed by atoms with Crippen LogP contribution in [0.5, 0.6) is 0 Å². The molecule has 0 spiro atoms. The largest absolute Gasteiger partial charge is 0.480 e. The molecule has 1 N–H and O–H groups in total. The van der Waals surface area contributed by atoms with E-state index < -0.39 is 17.7 Å². The molecular formula is C13H12FNO2. The lowest BCUT2D eigenvalue weighted by Crippen LogP contribution is -2.16. The summed E-state index contributed by atoms with van der Waals surface area (Å²) in [6.45, 7) is 0. The van der Waals surface area contributed by atoms with E-state index in [9.17, 15) is 14.3 Å². The Kier molecular flexibility index (Phi) is 2.95. The van der Waals surface area contributed by atoms with Crippen LogP contribution in [-0.2, 0) is 11.8 Å². The number of rotatable bonds is 3. The molecule has 0 saturated carbocycles. The van der Waals surface area contributed by atoms with Crippen molar-refractivity contribution in [3.8, 4) is 0 Å². The highest BCUT2D eigenvalue weighted by molar-refractivity contribution is 5.79. The van der Waals surface area contributed by atoms with E-state index in [1.165, 1.54) is 18.2 Å². The van der Waals surface area contributed by atoms with Crippen molar-refractivity contribution < 1.29 is 14.3 Å². The van der Waals surface area contributed by atoms with Gasteiger partial charge in [-0.15, -0.1) is 0 Å². The molecule has 1 heterocycles. The summed E-state index contributed by atoms with van der Waals surface area (Å²) in [5.41, 5.74) is 1.07. The third-order valence-corrected chi connectivity index (χ3v) is 2.71. The summed E-state index contributed by atoms with van der Waals surface area (Å²) in [5, 5.41) is 9.28. The van der Waals surface area contributed by atoms with E-state index in [-0.39, 0.29) is 0 Å². The molecule has 0 radical (unpaired) electrons. The van der Waals surface area contributed by atoms with Crippen molar-refractivity contribution in [2.24, 2.45) is 7.05 Å². The highest BCUT2D eigenvalue weighted by atomic mass is 19.1. The average molecular weight is 233 g/mol. The number of carbonyl (C=O) groups is 1. The van der Waals surface area contributed by atoms with Gasteiger partial charge < -0.3 is 9.67 Å². The fourth-order valence-corrected chi connectivity index (χ4v) is 1.90. The first-order valence-electron chi connectivity index (χ1n) is 5.19. The summed E-state index contributed by atoms with van der Waals surface area (Å²) in [4.78, 5) is 11.3. The summed E-state index contributed by atoms with van der Waals surface area (Å²) in [5.74, 6) is -2.26. The second kappa shape index (κ2) is 4.41. The van der Waals surface area contributed by atoms with Crippen LogP contribution in [0.25, 0.3) is 0 Å². The Hall–Kier alpha value is -2.10. The van der Waals surface area contributed by atoms with Gasteiger partial charge in [0.2, 0.25) is 0 Å². The number of hydrogen-bond donors (Lipinski definition) is 1. The second-order valence-electron chi connectivity index (χ2n) is 3.87. The zero-order valence-electron chi connectivity index (χ0n) is 9.30. The van der Waals surface area contributed by atoms with Gasteiger partial charge in [-0.25, -0.2) is 4.39 Å². The van der Waals surface area contributed by atoms with E-state index >= 15 is 0 Å². The maximum atomic E-state index is 13.1. The van der Waals surface area contributed by atoms with E-state index in [0.29, 0.717) is 11.3 Å². The fraction of sp³-hybridized carbons (Fsp3) is 0.154. The first-order valence-corrected chi connectivity index (χ1v) is 5.19. The zero-order valence-corrected chi connectivity index (χ0v) is 9.30. The van der Waals surface area contributed by atoms with Gasteiger partial charge in [0.05, 0.1) is 0 Å². The van der Waals surface area contributed by atoms with Crippen LogP contribution in [0, 0.1) is 5.82 Å². The van der Waals surface area contributed by atoms with E-state index in [4.69, 9.17) is 0 Å². The van der Waals surface area contributed by atoms with Crippen LogP contribution in [0.4, 0.5) is 4.39 Å². The minimum atomic E-state index is -0.989. The van der Waals surface area contributed by atoms with Gasteiger partial charge in [0.15, 0.2) is 0 Å².